The maximum Gasteiger partial charge on any atom is 0.332 e. The van der Waals surface area contributed by atoms with Gasteiger partial charge in [-0.15, -0.1) is 0 Å². The molecule has 4 aromatic rings. The summed E-state index contributed by atoms with van der Waals surface area (Å²) in [6.45, 7) is -0.403. The Morgan fingerprint density at radius 2 is 1.94 bits per heavy atom. The van der Waals surface area contributed by atoms with Crippen molar-refractivity contribution < 1.29 is 4.79 Å². The maximum atomic E-state index is 12.7. The van der Waals surface area contributed by atoms with E-state index in [2.05, 4.69) is 25.5 Å². The van der Waals surface area contributed by atoms with E-state index in [0.29, 0.717) is 17.4 Å². The summed E-state index contributed by atoms with van der Waals surface area (Å²) < 4.78 is 3.69. The number of imidazole rings is 1. The van der Waals surface area contributed by atoms with Crippen LogP contribution in [0.4, 0.5) is 5.69 Å². The Labute approximate surface area is 175 Å². The standard InChI is InChI=1S/C20H20N8O3/c1-26-10-21-18-15(26)19(30)28(20(31)27(18)2)9-14(29)22-13-7-5-12(6-8-13)17-23-16(24-25-17)11-3-4-11/h5-8,10-11H,3-4,9H2,1-2H3,(H,22,29)(H,23,24,25). The van der Waals surface area contributed by atoms with Crippen LogP contribution < -0.4 is 16.6 Å². The predicted molar refractivity (Wildman–Crippen MR) is 113 cm³/mol. The molecule has 1 amide bonds. The van der Waals surface area contributed by atoms with Crippen LogP contribution in [-0.4, -0.2) is 39.8 Å². The van der Waals surface area contributed by atoms with Gasteiger partial charge in [-0.1, -0.05) is 0 Å². The lowest BCUT2D eigenvalue weighted by Crippen LogP contribution is -2.42. The van der Waals surface area contributed by atoms with Gasteiger partial charge in [-0.3, -0.25) is 19.3 Å². The predicted octanol–water partition coefficient (Wildman–Crippen LogP) is 0.735. The molecule has 0 saturated heterocycles. The molecule has 0 spiro atoms. The van der Waals surface area contributed by atoms with E-state index in [9.17, 15) is 14.4 Å². The molecule has 3 heterocycles. The van der Waals surface area contributed by atoms with Crippen LogP contribution in [0.3, 0.4) is 0 Å². The lowest BCUT2D eigenvalue weighted by atomic mass is 10.2. The smallest absolute Gasteiger partial charge is 0.328 e. The molecule has 1 saturated carbocycles. The zero-order chi connectivity index (χ0) is 21.7. The summed E-state index contributed by atoms with van der Waals surface area (Å²) in [6, 6.07) is 7.07. The third-order valence-electron chi connectivity index (χ3n) is 5.40. The number of carbonyl (C=O) groups excluding carboxylic acids is 1. The van der Waals surface area contributed by atoms with Crippen molar-refractivity contribution >= 4 is 22.8 Å². The van der Waals surface area contributed by atoms with E-state index in [4.69, 9.17) is 0 Å². The van der Waals surface area contributed by atoms with E-state index in [1.165, 1.54) is 22.5 Å². The average Bonchev–Trinajstić information content (AvgIpc) is 3.36. The van der Waals surface area contributed by atoms with Crippen molar-refractivity contribution in [1.82, 2.24) is 33.9 Å². The number of aryl methyl sites for hydroxylation is 2. The molecule has 1 fully saturated rings. The molecular weight excluding hydrogens is 400 g/mol. The van der Waals surface area contributed by atoms with Crippen molar-refractivity contribution in [3.05, 3.63) is 57.3 Å². The van der Waals surface area contributed by atoms with Crippen LogP contribution >= 0.6 is 0 Å². The molecule has 5 rings (SSSR count). The Kier molecular flexibility index (Phi) is 4.31. The van der Waals surface area contributed by atoms with Gasteiger partial charge in [0, 0.05) is 31.3 Å². The molecule has 2 N–H and O–H groups in total. The van der Waals surface area contributed by atoms with Crippen molar-refractivity contribution in [2.45, 2.75) is 25.3 Å². The lowest BCUT2D eigenvalue weighted by molar-refractivity contribution is -0.116. The third-order valence-corrected chi connectivity index (χ3v) is 5.40. The summed E-state index contributed by atoms with van der Waals surface area (Å²) >= 11 is 0. The second kappa shape index (κ2) is 7.04. The first kappa shape index (κ1) is 19.0. The van der Waals surface area contributed by atoms with Crippen LogP contribution in [0.15, 0.2) is 40.2 Å². The van der Waals surface area contributed by atoms with Crippen molar-refractivity contribution in [2.24, 2.45) is 14.1 Å². The van der Waals surface area contributed by atoms with Gasteiger partial charge in [0.25, 0.3) is 5.56 Å². The van der Waals surface area contributed by atoms with E-state index in [1.54, 1.807) is 19.2 Å². The number of hydrogen-bond acceptors (Lipinski definition) is 6. The topological polar surface area (TPSA) is 132 Å². The second-order valence-electron chi connectivity index (χ2n) is 7.70. The Morgan fingerprint density at radius 1 is 1.19 bits per heavy atom. The minimum Gasteiger partial charge on any atom is -0.328 e. The van der Waals surface area contributed by atoms with Gasteiger partial charge >= 0.3 is 5.69 Å². The number of nitrogens with one attached hydrogen (secondary N) is 2. The number of aromatic nitrogens is 7. The number of carbonyl (C=O) groups is 1. The highest BCUT2D eigenvalue weighted by Crippen LogP contribution is 2.38. The van der Waals surface area contributed by atoms with Gasteiger partial charge in [-0.25, -0.2) is 19.3 Å². The molecule has 1 aromatic carbocycles. The van der Waals surface area contributed by atoms with Gasteiger partial charge in [0.15, 0.2) is 17.0 Å². The van der Waals surface area contributed by atoms with Gasteiger partial charge in [0.2, 0.25) is 5.91 Å². The summed E-state index contributed by atoms with van der Waals surface area (Å²) in [6.07, 6.45) is 3.73. The number of hydrogen-bond donors (Lipinski definition) is 2. The molecule has 1 aliphatic rings. The number of anilines is 1. The molecule has 0 radical (unpaired) electrons. The quantitative estimate of drug-likeness (QED) is 0.489. The summed E-state index contributed by atoms with van der Waals surface area (Å²) in [5.41, 5.74) is 0.751. The largest absolute Gasteiger partial charge is 0.332 e. The highest BCUT2D eigenvalue weighted by atomic mass is 16.2. The molecule has 11 nitrogen and oxygen atoms in total. The summed E-state index contributed by atoms with van der Waals surface area (Å²) in [7, 11) is 3.18. The molecule has 31 heavy (non-hydrogen) atoms. The fourth-order valence-electron chi connectivity index (χ4n) is 3.53. The van der Waals surface area contributed by atoms with E-state index in [1.807, 2.05) is 12.1 Å². The first-order valence-corrected chi connectivity index (χ1v) is 9.86. The SMILES string of the molecule is Cn1cnc2c1c(=O)n(CC(=O)Nc1ccc(-c3n[nH]c(C4CC4)n3)cc1)c(=O)n2C. The summed E-state index contributed by atoms with van der Waals surface area (Å²) in [5, 5.41) is 9.93. The number of fused-ring (bicyclic) bond motifs is 1. The fraction of sp³-hybridized carbons (Fsp3) is 0.300. The van der Waals surface area contributed by atoms with Gasteiger partial charge < -0.3 is 9.88 Å². The first-order chi connectivity index (χ1) is 14.9. The summed E-state index contributed by atoms with van der Waals surface area (Å²) in [5.74, 6) is 1.52. The van der Waals surface area contributed by atoms with Crippen molar-refractivity contribution in [3.8, 4) is 11.4 Å². The van der Waals surface area contributed by atoms with E-state index < -0.39 is 23.7 Å². The zero-order valence-corrected chi connectivity index (χ0v) is 17.0. The molecular formula is C20H20N8O3. The number of H-pyrrole nitrogens is 1. The van der Waals surface area contributed by atoms with E-state index in [-0.39, 0.29) is 11.2 Å². The highest BCUT2D eigenvalue weighted by molar-refractivity contribution is 5.90. The lowest BCUT2D eigenvalue weighted by Gasteiger charge is -2.09. The van der Waals surface area contributed by atoms with Crippen LogP contribution in [-0.2, 0) is 25.4 Å². The Bertz CT molecular complexity index is 1420. The Morgan fingerprint density at radius 3 is 2.65 bits per heavy atom. The Hall–Kier alpha value is -4.02. The van der Waals surface area contributed by atoms with Gasteiger partial charge in [-0.2, -0.15) is 5.10 Å². The first-order valence-electron chi connectivity index (χ1n) is 9.86. The molecule has 3 aromatic heterocycles. The minimum absolute atomic E-state index is 0.260. The average molecular weight is 420 g/mol. The number of benzene rings is 1. The minimum atomic E-state index is -0.599. The van der Waals surface area contributed by atoms with Crippen LogP contribution in [0.25, 0.3) is 22.6 Å². The van der Waals surface area contributed by atoms with Crippen molar-refractivity contribution in [2.75, 3.05) is 5.32 Å². The van der Waals surface area contributed by atoms with Crippen molar-refractivity contribution in [1.29, 1.82) is 0 Å². The molecule has 0 unspecified atom stereocenters. The number of amides is 1. The van der Waals surface area contributed by atoms with Crippen LogP contribution in [0.2, 0.25) is 0 Å². The molecule has 158 valence electrons. The number of rotatable bonds is 5. The van der Waals surface area contributed by atoms with E-state index >= 15 is 0 Å². The molecule has 11 heteroatoms. The summed E-state index contributed by atoms with van der Waals surface area (Å²) in [4.78, 5) is 46.4. The molecule has 1 aliphatic carbocycles. The van der Waals surface area contributed by atoms with Gasteiger partial charge in [0.1, 0.15) is 12.4 Å². The van der Waals surface area contributed by atoms with E-state index in [0.717, 1.165) is 28.8 Å². The van der Waals surface area contributed by atoms with Gasteiger partial charge in [-0.05, 0) is 37.1 Å². The maximum absolute atomic E-state index is 12.7. The highest BCUT2D eigenvalue weighted by Gasteiger charge is 2.27. The molecule has 0 atom stereocenters. The van der Waals surface area contributed by atoms with Crippen LogP contribution in [0.5, 0.6) is 0 Å². The third kappa shape index (κ3) is 3.33. The molecule has 0 aliphatic heterocycles. The normalized spacial score (nSPS) is 13.6. The van der Waals surface area contributed by atoms with Gasteiger partial charge in [0.05, 0.1) is 6.33 Å². The zero-order valence-electron chi connectivity index (χ0n) is 17.0. The monoisotopic (exact) mass is 420 g/mol. The second-order valence-corrected chi connectivity index (χ2v) is 7.70. The van der Waals surface area contributed by atoms with Crippen LogP contribution in [0, 0.1) is 0 Å². The van der Waals surface area contributed by atoms with Crippen molar-refractivity contribution in [3.63, 3.8) is 0 Å². The fourth-order valence-corrected chi connectivity index (χ4v) is 3.53. The Balaban J connectivity index is 1.34. The van der Waals surface area contributed by atoms with Crippen LogP contribution in [0.1, 0.15) is 24.6 Å². The number of aromatic amines is 1. The molecule has 0 bridgehead atoms. The number of nitrogens with zero attached hydrogens (tertiary/aromatic N) is 6.